The molecule has 0 fully saturated rings. The smallest absolute Gasteiger partial charge is 0.246 e. The summed E-state index contributed by atoms with van der Waals surface area (Å²) < 4.78 is 0. The number of amides is 1. The molecule has 0 spiro atoms. The second-order valence-corrected chi connectivity index (χ2v) is 5.00. The van der Waals surface area contributed by atoms with Crippen molar-refractivity contribution in [2.24, 2.45) is 5.92 Å². The van der Waals surface area contributed by atoms with Gasteiger partial charge in [-0.3, -0.25) is 4.79 Å². The van der Waals surface area contributed by atoms with Crippen LogP contribution in [0.4, 0.5) is 5.69 Å². The molecular weight excluding hydrogens is 212 g/mol. The summed E-state index contributed by atoms with van der Waals surface area (Å²) in [5.41, 5.74) is 2.01. The third kappa shape index (κ3) is 2.86. The van der Waals surface area contributed by atoms with E-state index in [2.05, 4.69) is 24.5 Å². The summed E-state index contributed by atoms with van der Waals surface area (Å²) >= 11 is 0. The van der Waals surface area contributed by atoms with E-state index < -0.39 is 0 Å². The van der Waals surface area contributed by atoms with E-state index in [1.54, 1.807) is 0 Å². The molecule has 0 bridgehead atoms. The first-order valence-electron chi connectivity index (χ1n) is 6.31. The van der Waals surface area contributed by atoms with Crippen molar-refractivity contribution in [2.75, 3.05) is 11.9 Å². The summed E-state index contributed by atoms with van der Waals surface area (Å²) in [5.74, 6) is 0.789. The predicted octanol–water partition coefficient (Wildman–Crippen LogP) is 2.71. The third-order valence-corrected chi connectivity index (χ3v) is 3.10. The van der Waals surface area contributed by atoms with Crippen molar-refractivity contribution >= 4 is 11.6 Å². The minimum Gasteiger partial charge on any atom is -0.324 e. The van der Waals surface area contributed by atoms with E-state index in [4.69, 9.17) is 0 Å². The van der Waals surface area contributed by atoms with Crippen LogP contribution in [0, 0.1) is 5.92 Å². The van der Waals surface area contributed by atoms with Crippen molar-refractivity contribution in [1.29, 1.82) is 0 Å². The van der Waals surface area contributed by atoms with E-state index >= 15 is 0 Å². The van der Waals surface area contributed by atoms with Gasteiger partial charge in [0.15, 0.2) is 0 Å². The van der Waals surface area contributed by atoms with Gasteiger partial charge in [-0.1, -0.05) is 32.0 Å². The van der Waals surface area contributed by atoms with E-state index in [-0.39, 0.29) is 11.9 Å². The molecule has 3 nitrogen and oxygen atoms in total. The van der Waals surface area contributed by atoms with E-state index in [0.29, 0.717) is 0 Å². The SMILES string of the molecule is CC(C)CCCNC1C(=O)Nc2ccccc21. The molecule has 2 rings (SSSR count). The average Bonchev–Trinajstić information content (AvgIpc) is 2.60. The summed E-state index contributed by atoms with van der Waals surface area (Å²) in [4.78, 5) is 11.8. The zero-order chi connectivity index (χ0) is 12.3. The van der Waals surface area contributed by atoms with Gasteiger partial charge >= 0.3 is 0 Å². The largest absolute Gasteiger partial charge is 0.324 e. The van der Waals surface area contributed by atoms with Crippen LogP contribution in [-0.2, 0) is 4.79 Å². The normalized spacial score (nSPS) is 18.3. The van der Waals surface area contributed by atoms with E-state index in [1.165, 1.54) is 6.42 Å². The van der Waals surface area contributed by atoms with Crippen LogP contribution < -0.4 is 10.6 Å². The first-order valence-corrected chi connectivity index (χ1v) is 6.31. The molecule has 1 unspecified atom stereocenters. The van der Waals surface area contributed by atoms with Crippen molar-refractivity contribution in [2.45, 2.75) is 32.7 Å². The Balaban J connectivity index is 1.91. The summed E-state index contributed by atoms with van der Waals surface area (Å²) in [5, 5.41) is 6.23. The van der Waals surface area contributed by atoms with Crippen molar-refractivity contribution in [1.82, 2.24) is 5.32 Å². The Labute approximate surface area is 103 Å². The minimum atomic E-state index is -0.168. The van der Waals surface area contributed by atoms with Crippen molar-refractivity contribution in [3.63, 3.8) is 0 Å². The molecule has 3 heteroatoms. The number of fused-ring (bicyclic) bond motifs is 1. The summed E-state index contributed by atoms with van der Waals surface area (Å²) in [7, 11) is 0. The Morgan fingerprint density at radius 3 is 2.88 bits per heavy atom. The van der Waals surface area contributed by atoms with Gasteiger partial charge in [0, 0.05) is 11.3 Å². The van der Waals surface area contributed by atoms with Crippen molar-refractivity contribution < 1.29 is 4.79 Å². The molecule has 92 valence electrons. The number of para-hydroxylation sites is 1. The first-order chi connectivity index (χ1) is 8.18. The van der Waals surface area contributed by atoms with E-state index in [0.717, 1.165) is 30.1 Å². The van der Waals surface area contributed by atoms with Gasteiger partial charge in [-0.15, -0.1) is 0 Å². The van der Waals surface area contributed by atoms with Crippen LogP contribution in [0.1, 0.15) is 38.3 Å². The molecular formula is C14H20N2O. The lowest BCUT2D eigenvalue weighted by Crippen LogP contribution is -2.28. The van der Waals surface area contributed by atoms with Gasteiger partial charge in [-0.2, -0.15) is 0 Å². The molecule has 1 aromatic rings. The number of carbonyl (C=O) groups is 1. The van der Waals surface area contributed by atoms with Gasteiger partial charge in [0.25, 0.3) is 0 Å². The zero-order valence-corrected chi connectivity index (χ0v) is 10.5. The summed E-state index contributed by atoms with van der Waals surface area (Å²) in [6.07, 6.45) is 2.31. The van der Waals surface area contributed by atoms with Gasteiger partial charge in [0.1, 0.15) is 6.04 Å². The minimum absolute atomic E-state index is 0.0655. The lowest BCUT2D eigenvalue weighted by Gasteiger charge is -2.11. The monoisotopic (exact) mass is 232 g/mol. The molecule has 0 saturated heterocycles. The molecule has 0 saturated carbocycles. The zero-order valence-electron chi connectivity index (χ0n) is 10.5. The number of benzene rings is 1. The molecule has 1 aliphatic rings. The summed E-state index contributed by atoms with van der Waals surface area (Å²) in [6.45, 7) is 5.33. The molecule has 2 N–H and O–H groups in total. The fourth-order valence-electron chi connectivity index (χ4n) is 2.17. The number of hydrogen-bond acceptors (Lipinski definition) is 2. The molecule has 17 heavy (non-hydrogen) atoms. The van der Waals surface area contributed by atoms with Gasteiger partial charge < -0.3 is 10.6 Å². The highest BCUT2D eigenvalue weighted by Crippen LogP contribution is 2.29. The highest BCUT2D eigenvalue weighted by molar-refractivity contribution is 6.02. The van der Waals surface area contributed by atoms with Gasteiger partial charge in [0.05, 0.1) is 0 Å². The van der Waals surface area contributed by atoms with Crippen LogP contribution in [0.2, 0.25) is 0 Å². The number of carbonyl (C=O) groups excluding carboxylic acids is 1. The van der Waals surface area contributed by atoms with Crippen LogP contribution in [0.5, 0.6) is 0 Å². The maximum Gasteiger partial charge on any atom is 0.246 e. The maximum atomic E-state index is 11.8. The fourth-order valence-corrected chi connectivity index (χ4v) is 2.17. The van der Waals surface area contributed by atoms with Crippen molar-refractivity contribution in [3.05, 3.63) is 29.8 Å². The molecule has 1 aliphatic heterocycles. The topological polar surface area (TPSA) is 41.1 Å². The number of nitrogens with one attached hydrogen (secondary N) is 2. The van der Waals surface area contributed by atoms with E-state index in [9.17, 15) is 4.79 Å². The lowest BCUT2D eigenvalue weighted by atomic mass is 10.1. The maximum absolute atomic E-state index is 11.8. The third-order valence-electron chi connectivity index (χ3n) is 3.10. The highest BCUT2D eigenvalue weighted by Gasteiger charge is 2.29. The number of rotatable bonds is 5. The molecule has 1 amide bonds. The Morgan fingerprint density at radius 1 is 1.35 bits per heavy atom. The Hall–Kier alpha value is -1.35. The second-order valence-electron chi connectivity index (χ2n) is 5.00. The van der Waals surface area contributed by atoms with Crippen LogP contribution in [0.25, 0.3) is 0 Å². The van der Waals surface area contributed by atoms with Crippen LogP contribution in [-0.4, -0.2) is 12.5 Å². The molecule has 1 heterocycles. The van der Waals surface area contributed by atoms with Crippen LogP contribution >= 0.6 is 0 Å². The lowest BCUT2D eigenvalue weighted by molar-refractivity contribution is -0.117. The molecule has 0 aromatic heterocycles. The predicted molar refractivity (Wildman–Crippen MR) is 69.9 cm³/mol. The Kier molecular flexibility index (Phi) is 3.79. The molecule has 1 aromatic carbocycles. The molecule has 1 atom stereocenters. The quantitative estimate of drug-likeness (QED) is 0.766. The first kappa shape index (κ1) is 12.1. The summed E-state index contributed by atoms with van der Waals surface area (Å²) in [6, 6.07) is 7.71. The van der Waals surface area contributed by atoms with Crippen LogP contribution in [0.3, 0.4) is 0 Å². The van der Waals surface area contributed by atoms with Crippen LogP contribution in [0.15, 0.2) is 24.3 Å². The molecule has 0 radical (unpaired) electrons. The Morgan fingerprint density at radius 2 is 2.12 bits per heavy atom. The molecule has 0 aliphatic carbocycles. The second kappa shape index (κ2) is 5.32. The van der Waals surface area contributed by atoms with Crippen molar-refractivity contribution in [3.8, 4) is 0 Å². The number of hydrogen-bond donors (Lipinski definition) is 2. The average molecular weight is 232 g/mol. The van der Waals surface area contributed by atoms with Gasteiger partial charge in [0.2, 0.25) is 5.91 Å². The standard InChI is InChI=1S/C14H20N2O/c1-10(2)6-5-9-15-13-11-7-3-4-8-12(11)16-14(13)17/h3-4,7-8,10,13,15H,5-6,9H2,1-2H3,(H,16,17). The van der Waals surface area contributed by atoms with E-state index in [1.807, 2.05) is 24.3 Å². The number of anilines is 1. The highest BCUT2D eigenvalue weighted by atomic mass is 16.2. The van der Waals surface area contributed by atoms with Gasteiger partial charge in [-0.05, 0) is 31.4 Å². The fraction of sp³-hybridized carbons (Fsp3) is 0.500. The van der Waals surface area contributed by atoms with Gasteiger partial charge in [-0.25, -0.2) is 0 Å². The Bertz CT molecular complexity index is 401.